The number of sulfonamides is 1. The van der Waals surface area contributed by atoms with Gasteiger partial charge in [0.15, 0.2) is 0 Å². The van der Waals surface area contributed by atoms with Gasteiger partial charge in [0, 0.05) is 10.9 Å². The topological polar surface area (TPSA) is 99.1 Å². The normalized spacial score (nSPS) is 12.0. The second-order valence-electron chi connectivity index (χ2n) is 6.52. The van der Waals surface area contributed by atoms with Gasteiger partial charge in [0.2, 0.25) is 10.0 Å². The Morgan fingerprint density at radius 3 is 2.41 bits per heavy atom. The zero-order valence-corrected chi connectivity index (χ0v) is 16.8. The molecule has 0 bridgehead atoms. The van der Waals surface area contributed by atoms with Crippen LogP contribution in [-0.4, -0.2) is 37.9 Å². The number of rotatable bonds is 6. The Bertz CT molecular complexity index is 1180. The van der Waals surface area contributed by atoms with E-state index in [1.807, 2.05) is 24.3 Å². The molecule has 0 aliphatic heterocycles. The van der Waals surface area contributed by atoms with Crippen molar-refractivity contribution in [1.82, 2.24) is 5.43 Å². The molecule has 7 nitrogen and oxygen atoms in total. The summed E-state index contributed by atoms with van der Waals surface area (Å²) in [6.45, 7) is 1.21. The van der Waals surface area contributed by atoms with Crippen LogP contribution in [0.15, 0.2) is 71.8 Å². The van der Waals surface area contributed by atoms with Crippen LogP contribution in [0.2, 0.25) is 0 Å². The van der Waals surface area contributed by atoms with Gasteiger partial charge in [-0.2, -0.15) is 5.10 Å². The van der Waals surface area contributed by atoms with Gasteiger partial charge < -0.3 is 5.11 Å². The molecule has 0 unspecified atom stereocenters. The van der Waals surface area contributed by atoms with Crippen molar-refractivity contribution >= 4 is 38.1 Å². The molecule has 0 aliphatic carbocycles. The molecular weight excluding hydrogens is 390 g/mol. The Morgan fingerprint density at radius 1 is 1.03 bits per heavy atom. The van der Waals surface area contributed by atoms with Crippen LogP contribution in [0.1, 0.15) is 12.5 Å². The fraction of sp³-hybridized carbons (Fsp3) is 0.143. The van der Waals surface area contributed by atoms with Crippen LogP contribution in [-0.2, 0) is 14.8 Å². The predicted octanol–water partition coefficient (Wildman–Crippen LogP) is 2.85. The van der Waals surface area contributed by atoms with Gasteiger partial charge in [0.05, 0.1) is 17.7 Å². The Hall–Kier alpha value is -3.39. The summed E-state index contributed by atoms with van der Waals surface area (Å²) in [5.41, 5.74) is 3.65. The minimum Gasteiger partial charge on any atom is -0.507 e. The third kappa shape index (κ3) is 4.72. The van der Waals surface area contributed by atoms with Gasteiger partial charge in [-0.1, -0.05) is 48.5 Å². The smallest absolute Gasteiger partial charge is 0.260 e. The van der Waals surface area contributed by atoms with Crippen molar-refractivity contribution in [3.8, 4) is 5.75 Å². The highest BCUT2D eigenvalue weighted by Gasteiger charge is 2.22. The van der Waals surface area contributed by atoms with E-state index in [1.54, 1.807) is 43.3 Å². The molecule has 0 heterocycles. The Labute approximate surface area is 169 Å². The molecule has 0 spiro atoms. The van der Waals surface area contributed by atoms with E-state index in [1.165, 1.54) is 6.07 Å². The van der Waals surface area contributed by atoms with Gasteiger partial charge in [-0.05, 0) is 30.5 Å². The minimum atomic E-state index is -3.72. The number of fused-ring (bicyclic) bond motifs is 1. The fourth-order valence-electron chi connectivity index (χ4n) is 2.96. The lowest BCUT2D eigenvalue weighted by molar-refractivity contribution is -0.119. The summed E-state index contributed by atoms with van der Waals surface area (Å²) in [4.78, 5) is 12.4. The monoisotopic (exact) mass is 411 g/mol. The number of carbonyl (C=O) groups is 1. The molecule has 0 atom stereocenters. The number of para-hydroxylation sites is 1. The summed E-state index contributed by atoms with van der Waals surface area (Å²) in [5.74, 6) is -0.561. The number of hydrogen-bond acceptors (Lipinski definition) is 5. The average Bonchev–Trinajstić information content (AvgIpc) is 2.69. The summed E-state index contributed by atoms with van der Waals surface area (Å²) in [5, 5.41) is 15.4. The van der Waals surface area contributed by atoms with Crippen molar-refractivity contribution in [3.63, 3.8) is 0 Å². The number of phenols is 1. The zero-order valence-electron chi connectivity index (χ0n) is 16.0. The molecule has 0 saturated heterocycles. The lowest BCUT2D eigenvalue weighted by Crippen LogP contribution is -2.39. The van der Waals surface area contributed by atoms with E-state index in [2.05, 4.69) is 10.5 Å². The van der Waals surface area contributed by atoms with Crippen molar-refractivity contribution < 1.29 is 18.3 Å². The Morgan fingerprint density at radius 2 is 1.69 bits per heavy atom. The van der Waals surface area contributed by atoms with E-state index in [0.717, 1.165) is 21.3 Å². The zero-order chi connectivity index (χ0) is 21.0. The number of hydrogen-bond donors (Lipinski definition) is 2. The number of amides is 1. The highest BCUT2D eigenvalue weighted by molar-refractivity contribution is 7.92. The van der Waals surface area contributed by atoms with Crippen molar-refractivity contribution in [2.75, 3.05) is 17.1 Å². The van der Waals surface area contributed by atoms with Crippen LogP contribution in [0.5, 0.6) is 5.75 Å². The van der Waals surface area contributed by atoms with E-state index >= 15 is 0 Å². The van der Waals surface area contributed by atoms with Crippen LogP contribution in [0.25, 0.3) is 10.8 Å². The van der Waals surface area contributed by atoms with Crippen molar-refractivity contribution in [2.45, 2.75) is 6.92 Å². The molecule has 1 amide bonds. The number of anilines is 1. The first-order valence-electron chi connectivity index (χ1n) is 8.84. The van der Waals surface area contributed by atoms with E-state index in [-0.39, 0.29) is 5.75 Å². The van der Waals surface area contributed by atoms with Crippen LogP contribution in [0.3, 0.4) is 0 Å². The Balaban J connectivity index is 1.85. The largest absolute Gasteiger partial charge is 0.507 e. The molecule has 0 fully saturated rings. The van der Waals surface area contributed by atoms with Crippen LogP contribution < -0.4 is 9.73 Å². The highest BCUT2D eigenvalue weighted by atomic mass is 32.2. The lowest BCUT2D eigenvalue weighted by atomic mass is 10.1. The number of benzene rings is 3. The summed E-state index contributed by atoms with van der Waals surface area (Å²) in [7, 11) is -3.72. The molecule has 0 radical (unpaired) electrons. The maximum atomic E-state index is 12.4. The molecule has 0 aliphatic rings. The van der Waals surface area contributed by atoms with Gasteiger partial charge >= 0.3 is 0 Å². The van der Waals surface area contributed by atoms with Gasteiger partial charge in [-0.15, -0.1) is 0 Å². The van der Waals surface area contributed by atoms with E-state index < -0.39 is 22.5 Å². The molecule has 3 aromatic rings. The number of phenolic OH excluding ortho intramolecular Hbond substituents is 1. The molecule has 29 heavy (non-hydrogen) atoms. The maximum Gasteiger partial charge on any atom is 0.260 e. The maximum absolute atomic E-state index is 12.4. The van der Waals surface area contributed by atoms with Crippen molar-refractivity contribution in [2.24, 2.45) is 5.10 Å². The summed E-state index contributed by atoms with van der Waals surface area (Å²) in [6.07, 6.45) is 1.05. The molecule has 0 aromatic heterocycles. The average molecular weight is 411 g/mol. The van der Waals surface area contributed by atoms with Crippen LogP contribution in [0, 0.1) is 0 Å². The van der Waals surface area contributed by atoms with Crippen LogP contribution >= 0.6 is 0 Å². The third-order valence-corrected chi connectivity index (χ3v) is 5.49. The second-order valence-corrected chi connectivity index (χ2v) is 8.42. The highest BCUT2D eigenvalue weighted by Crippen LogP contribution is 2.28. The van der Waals surface area contributed by atoms with Crippen LogP contribution in [0.4, 0.5) is 5.69 Å². The Kier molecular flexibility index (Phi) is 5.84. The van der Waals surface area contributed by atoms with Gasteiger partial charge in [-0.25, -0.2) is 13.8 Å². The number of carbonyl (C=O) groups excluding carboxylic acids is 1. The predicted molar refractivity (Wildman–Crippen MR) is 115 cm³/mol. The fourth-order valence-corrected chi connectivity index (χ4v) is 3.83. The summed E-state index contributed by atoms with van der Waals surface area (Å²) >= 11 is 0. The van der Waals surface area contributed by atoms with E-state index in [4.69, 9.17) is 0 Å². The molecule has 2 N–H and O–H groups in total. The number of nitrogens with zero attached hydrogens (tertiary/aromatic N) is 2. The lowest BCUT2D eigenvalue weighted by Gasteiger charge is -2.23. The van der Waals surface area contributed by atoms with Crippen molar-refractivity contribution in [3.05, 3.63) is 72.3 Å². The van der Waals surface area contributed by atoms with E-state index in [9.17, 15) is 18.3 Å². The summed E-state index contributed by atoms with van der Waals surface area (Å²) in [6, 6.07) is 19.2. The molecule has 150 valence electrons. The quantitative estimate of drug-likeness (QED) is 0.481. The van der Waals surface area contributed by atoms with E-state index in [0.29, 0.717) is 17.0 Å². The summed E-state index contributed by atoms with van der Waals surface area (Å²) < 4.78 is 25.8. The van der Waals surface area contributed by atoms with Gasteiger partial charge in [0.1, 0.15) is 12.3 Å². The first kappa shape index (κ1) is 20.3. The molecule has 0 saturated carbocycles. The first-order chi connectivity index (χ1) is 13.8. The van der Waals surface area contributed by atoms with Gasteiger partial charge in [0.25, 0.3) is 5.91 Å². The second kappa shape index (κ2) is 8.32. The van der Waals surface area contributed by atoms with Gasteiger partial charge in [-0.3, -0.25) is 9.10 Å². The minimum absolute atomic E-state index is 0.0384. The first-order valence-corrected chi connectivity index (χ1v) is 10.7. The number of nitrogens with one attached hydrogen (secondary N) is 1. The number of hydrazone groups is 1. The van der Waals surface area contributed by atoms with Crippen molar-refractivity contribution in [1.29, 1.82) is 0 Å². The molecule has 8 heteroatoms. The third-order valence-electron chi connectivity index (χ3n) is 4.37. The molecule has 3 aromatic carbocycles. The number of aromatic hydroxyl groups is 1. The molecule has 3 rings (SSSR count). The SMILES string of the molecule is C/C(=N\NC(=O)CN(c1cccc2ccccc12)S(C)(=O)=O)c1ccccc1O. The molecular formula is C21H21N3O4S. The standard InChI is InChI=1S/C21H21N3O4S/c1-15(17-10-5-6-13-20(17)25)22-23-21(26)14-24(29(2,27)28)19-12-7-9-16-8-3-4-11-18(16)19/h3-13,25H,14H2,1-2H3,(H,23,26)/b22-15+.